The van der Waals surface area contributed by atoms with E-state index in [1.807, 2.05) is 6.92 Å². The Kier molecular flexibility index (Phi) is 8.86. The highest BCUT2D eigenvalue weighted by Gasteiger charge is 2.84. The van der Waals surface area contributed by atoms with Gasteiger partial charge in [0.25, 0.3) is 0 Å². The smallest absolute Gasteiger partial charge is 0.374 e. The maximum Gasteiger partial charge on any atom is 0.374 e. The molecule has 0 amide bonds. The van der Waals surface area contributed by atoms with E-state index in [1.54, 1.807) is 19.9 Å². The van der Waals surface area contributed by atoms with Gasteiger partial charge in [-0.25, -0.2) is 14.4 Å². The number of fused-ring (bicyclic) bond motifs is 1. The van der Waals surface area contributed by atoms with Crippen LogP contribution in [0.1, 0.15) is 78.7 Å². The zero-order chi connectivity index (χ0) is 35.1. The van der Waals surface area contributed by atoms with Crippen molar-refractivity contribution in [2.24, 2.45) is 17.3 Å². The second-order valence-corrected chi connectivity index (χ2v) is 13.2. The molecule has 14 nitrogen and oxygen atoms in total. The zero-order valence-corrected chi connectivity index (χ0v) is 27.6. The Morgan fingerprint density at radius 3 is 2.24 bits per heavy atom. The molecule has 1 spiro atoms. The molecule has 0 unspecified atom stereocenters. The Morgan fingerprint density at radius 1 is 0.857 bits per heavy atom. The largest absolute Gasteiger partial charge is 0.472 e. The first-order valence-electron chi connectivity index (χ1n) is 15.9. The van der Waals surface area contributed by atoms with E-state index in [2.05, 4.69) is 4.98 Å². The minimum atomic E-state index is -1.83. The first kappa shape index (κ1) is 33.9. The van der Waals surface area contributed by atoms with Gasteiger partial charge in [-0.2, -0.15) is 0 Å². The van der Waals surface area contributed by atoms with Crippen molar-refractivity contribution in [3.63, 3.8) is 0 Å². The van der Waals surface area contributed by atoms with Crippen molar-refractivity contribution >= 4 is 29.8 Å². The lowest BCUT2D eigenvalue weighted by molar-refractivity contribution is -0.309. The highest BCUT2D eigenvalue weighted by Crippen LogP contribution is 2.68. The average molecular weight is 680 g/mol. The number of carbonyl (C=O) groups excluding carboxylic acids is 5. The van der Waals surface area contributed by atoms with Crippen molar-refractivity contribution in [3.8, 4) is 0 Å². The predicted octanol–water partition coefficient (Wildman–Crippen LogP) is 4.33. The van der Waals surface area contributed by atoms with Crippen molar-refractivity contribution in [3.05, 3.63) is 78.4 Å². The third kappa shape index (κ3) is 5.67. The summed E-state index contributed by atoms with van der Waals surface area (Å²) in [5.41, 5.74) is -4.54. The molecule has 3 aromatic rings. The summed E-state index contributed by atoms with van der Waals surface area (Å²) in [4.78, 5) is 70.8. The van der Waals surface area contributed by atoms with E-state index in [0.717, 1.165) is 0 Å². The highest BCUT2D eigenvalue weighted by molar-refractivity contribution is 5.90. The van der Waals surface area contributed by atoms with Gasteiger partial charge in [0.2, 0.25) is 5.76 Å². The van der Waals surface area contributed by atoms with Gasteiger partial charge in [0.15, 0.2) is 6.10 Å². The number of hydrogen-bond donors (Lipinski definition) is 0. The van der Waals surface area contributed by atoms with Crippen LogP contribution in [0.4, 0.5) is 0 Å². The molecule has 3 aromatic heterocycles. The number of furan rings is 2. The molecule has 2 aliphatic carbocycles. The van der Waals surface area contributed by atoms with Gasteiger partial charge in [0.1, 0.15) is 42.2 Å². The van der Waals surface area contributed by atoms with Crippen LogP contribution in [0.5, 0.6) is 0 Å². The Balaban J connectivity index is 1.61. The van der Waals surface area contributed by atoms with Gasteiger partial charge < -0.3 is 37.3 Å². The monoisotopic (exact) mass is 679 g/mol. The van der Waals surface area contributed by atoms with Crippen LogP contribution in [0.3, 0.4) is 0 Å². The minimum Gasteiger partial charge on any atom is -0.472 e. The average Bonchev–Trinajstić information content (AvgIpc) is 3.82. The van der Waals surface area contributed by atoms with Crippen molar-refractivity contribution < 1.29 is 61.2 Å². The second kappa shape index (κ2) is 12.8. The normalized spacial score (nSPS) is 31.1. The van der Waals surface area contributed by atoms with E-state index in [-0.39, 0.29) is 23.3 Å². The standard InChI is InChI=1S/C35H37NO13/c1-19-10-11-25(46-31(40)23-12-15-42-17-23)34(18-44-20(2)37)29(48-30(39)22-8-6-13-36-16-22)27(45-21(3)38)26-28(35(19,34)49-33(26,4)5)47-32(41)24-9-7-14-43-24/h6-9,12-17,19,25-29H,10-11,18H2,1-5H3/t19-,25+,26-,27-,28-,29-,34+,35-/m1/s1. The molecule has 0 radical (unpaired) electrons. The fourth-order valence-corrected chi connectivity index (χ4v) is 8.12. The molecule has 14 heteroatoms. The van der Waals surface area contributed by atoms with Crippen molar-refractivity contribution in [2.75, 3.05) is 6.61 Å². The van der Waals surface area contributed by atoms with Crippen LogP contribution < -0.4 is 0 Å². The Morgan fingerprint density at radius 2 is 1.61 bits per heavy atom. The van der Waals surface area contributed by atoms with E-state index in [1.165, 1.54) is 69.3 Å². The third-order valence-electron chi connectivity index (χ3n) is 9.95. The van der Waals surface area contributed by atoms with E-state index >= 15 is 0 Å². The summed E-state index contributed by atoms with van der Waals surface area (Å²) < 4.78 is 48.2. The van der Waals surface area contributed by atoms with Gasteiger partial charge in [0.05, 0.1) is 35.2 Å². The zero-order valence-electron chi connectivity index (χ0n) is 27.6. The Hall–Kier alpha value is -4.98. The predicted molar refractivity (Wildman–Crippen MR) is 164 cm³/mol. The molecule has 0 N–H and O–H groups in total. The fraction of sp³-hybridized carbons (Fsp3) is 0.486. The lowest BCUT2D eigenvalue weighted by atomic mass is 9.47. The molecule has 2 saturated carbocycles. The molecular formula is C35H37NO13. The number of esters is 5. The molecule has 0 aromatic carbocycles. The molecule has 3 fully saturated rings. The van der Waals surface area contributed by atoms with Crippen LogP contribution >= 0.6 is 0 Å². The molecule has 1 saturated heterocycles. The molecule has 2 bridgehead atoms. The van der Waals surface area contributed by atoms with Crippen molar-refractivity contribution in [1.29, 1.82) is 0 Å². The molecule has 1 aliphatic heterocycles. The first-order chi connectivity index (χ1) is 23.3. The molecule has 49 heavy (non-hydrogen) atoms. The molecular weight excluding hydrogens is 642 g/mol. The van der Waals surface area contributed by atoms with Crippen LogP contribution in [-0.4, -0.2) is 77.1 Å². The SMILES string of the molecule is CC(=O)OC[C@@]12[C@@H](OC(=O)c3ccoc3)CC[C@@H](C)[C@]13OC(C)(C)[C@H]([C@@H](OC(C)=O)[C@H]2OC(=O)c1cccnc1)[C@H]3OC(=O)c1ccco1. The van der Waals surface area contributed by atoms with Crippen LogP contribution in [0.25, 0.3) is 0 Å². The third-order valence-corrected chi connectivity index (χ3v) is 9.95. The topological polar surface area (TPSA) is 180 Å². The summed E-state index contributed by atoms with van der Waals surface area (Å²) in [6.45, 7) is 7.19. The van der Waals surface area contributed by atoms with Gasteiger partial charge in [-0.05, 0) is 62.9 Å². The van der Waals surface area contributed by atoms with Gasteiger partial charge in [-0.15, -0.1) is 0 Å². The van der Waals surface area contributed by atoms with Crippen LogP contribution in [0.2, 0.25) is 0 Å². The number of ether oxygens (including phenoxy) is 6. The number of nitrogens with zero attached hydrogens (tertiary/aromatic N) is 1. The Labute approximate surface area is 281 Å². The van der Waals surface area contributed by atoms with E-state index in [9.17, 15) is 24.0 Å². The summed E-state index contributed by atoms with van der Waals surface area (Å²) in [6, 6.07) is 7.43. The summed E-state index contributed by atoms with van der Waals surface area (Å²) in [5.74, 6) is -5.44. The highest BCUT2D eigenvalue weighted by atomic mass is 16.6. The van der Waals surface area contributed by atoms with Crippen LogP contribution in [-0.2, 0) is 38.0 Å². The van der Waals surface area contributed by atoms with Gasteiger partial charge >= 0.3 is 29.8 Å². The quantitative estimate of drug-likeness (QED) is 0.230. The maximum absolute atomic E-state index is 13.9. The molecule has 260 valence electrons. The van der Waals surface area contributed by atoms with Crippen LogP contribution in [0, 0.1) is 17.3 Å². The maximum atomic E-state index is 13.9. The van der Waals surface area contributed by atoms with E-state index in [4.69, 9.17) is 37.3 Å². The van der Waals surface area contributed by atoms with Gasteiger partial charge in [-0.1, -0.05) is 6.92 Å². The number of hydrogen-bond acceptors (Lipinski definition) is 14. The molecule has 8 atom stereocenters. The van der Waals surface area contributed by atoms with Crippen molar-refractivity contribution in [1.82, 2.24) is 4.98 Å². The summed E-state index contributed by atoms with van der Waals surface area (Å²) in [7, 11) is 0. The fourth-order valence-electron chi connectivity index (χ4n) is 8.12. The number of pyridine rings is 1. The summed E-state index contributed by atoms with van der Waals surface area (Å²) in [6.07, 6.45) is 1.91. The number of carbonyl (C=O) groups is 5. The molecule has 6 rings (SSSR count). The van der Waals surface area contributed by atoms with Gasteiger partial charge in [-0.3, -0.25) is 14.6 Å². The first-order valence-corrected chi connectivity index (χ1v) is 15.9. The number of rotatable bonds is 9. The lowest BCUT2D eigenvalue weighted by Crippen LogP contribution is -2.79. The summed E-state index contributed by atoms with van der Waals surface area (Å²) >= 11 is 0. The lowest BCUT2D eigenvalue weighted by Gasteiger charge is -2.63. The molecule has 4 heterocycles. The second-order valence-electron chi connectivity index (χ2n) is 13.2. The van der Waals surface area contributed by atoms with Gasteiger partial charge in [0, 0.05) is 26.2 Å². The van der Waals surface area contributed by atoms with Crippen molar-refractivity contribution in [2.45, 2.75) is 83.1 Å². The Bertz CT molecular complexity index is 1700. The molecule has 3 aliphatic rings. The minimum absolute atomic E-state index is 0.0791. The van der Waals surface area contributed by atoms with E-state index < -0.39 is 89.3 Å². The summed E-state index contributed by atoms with van der Waals surface area (Å²) in [5, 5.41) is 0. The van der Waals surface area contributed by atoms with E-state index in [0.29, 0.717) is 6.42 Å². The number of aromatic nitrogens is 1. The van der Waals surface area contributed by atoms with Crippen LogP contribution in [0.15, 0.2) is 70.3 Å².